The molecule has 0 fully saturated rings. The molecule has 11 heteroatoms. The first-order valence-corrected chi connectivity index (χ1v) is 10.5. The van der Waals surface area contributed by atoms with Crippen LogP contribution in [0.3, 0.4) is 0 Å². The third kappa shape index (κ3) is 6.82. The Kier molecular flexibility index (Phi) is 9.28. The van der Waals surface area contributed by atoms with Gasteiger partial charge in [0, 0.05) is 25.5 Å². The monoisotopic (exact) mass is 452 g/mol. The van der Waals surface area contributed by atoms with E-state index in [1.807, 2.05) is 20.0 Å². The lowest BCUT2D eigenvalue weighted by atomic mass is 9.91. The minimum atomic E-state index is -0.369. The van der Waals surface area contributed by atoms with Crippen molar-refractivity contribution in [1.82, 2.24) is 15.0 Å². The molecule has 2 aromatic rings. The predicted molar refractivity (Wildman–Crippen MR) is 120 cm³/mol. The molecule has 1 atom stereocenters. The summed E-state index contributed by atoms with van der Waals surface area (Å²) in [5, 5.41) is 4.17. The SMILES string of the molecule is CNc1cnc(Cl)c(C2(C)CCSC(N)=N2)c1.COCCOc1cnc(C=O)cn1. The first kappa shape index (κ1) is 23.8. The van der Waals surface area contributed by atoms with E-state index < -0.39 is 0 Å². The summed E-state index contributed by atoms with van der Waals surface area (Å²) in [5.74, 6) is 1.34. The number of rotatable bonds is 7. The minimum absolute atomic E-state index is 0.291. The average Bonchev–Trinajstić information content (AvgIpc) is 2.75. The molecule has 0 saturated carbocycles. The number of nitrogens with zero attached hydrogens (tertiary/aromatic N) is 4. The maximum Gasteiger partial charge on any atom is 0.232 e. The van der Waals surface area contributed by atoms with Crippen LogP contribution >= 0.6 is 23.4 Å². The van der Waals surface area contributed by atoms with Crippen LogP contribution in [0.4, 0.5) is 5.69 Å². The molecular formula is C19H25ClN6O3S. The lowest BCUT2D eigenvalue weighted by Gasteiger charge is -2.30. The van der Waals surface area contributed by atoms with Gasteiger partial charge in [0.25, 0.3) is 0 Å². The van der Waals surface area contributed by atoms with Crippen LogP contribution in [0, 0.1) is 0 Å². The molecule has 2 aromatic heterocycles. The lowest BCUT2D eigenvalue weighted by Crippen LogP contribution is -2.29. The largest absolute Gasteiger partial charge is 0.474 e. The van der Waals surface area contributed by atoms with Crippen LogP contribution in [-0.2, 0) is 10.3 Å². The number of halogens is 1. The Hall–Kier alpha value is -2.43. The van der Waals surface area contributed by atoms with Gasteiger partial charge in [0.1, 0.15) is 17.5 Å². The summed E-state index contributed by atoms with van der Waals surface area (Å²) in [4.78, 5) is 26.6. The van der Waals surface area contributed by atoms with Crippen LogP contribution in [0.25, 0.3) is 0 Å². The third-order valence-corrected chi connectivity index (χ3v) is 5.31. The second kappa shape index (κ2) is 11.7. The number of nitrogens with two attached hydrogens (primary N) is 1. The molecule has 3 N–H and O–H groups in total. The van der Waals surface area contributed by atoms with Crippen LogP contribution in [-0.4, -0.2) is 59.5 Å². The van der Waals surface area contributed by atoms with Gasteiger partial charge in [0.15, 0.2) is 11.5 Å². The number of carbonyl (C=O) groups excluding carboxylic acids is 1. The zero-order chi connectivity index (χ0) is 22.0. The Morgan fingerprint density at radius 1 is 1.30 bits per heavy atom. The number of carbonyl (C=O) groups is 1. The normalized spacial score (nSPS) is 17.9. The highest BCUT2D eigenvalue weighted by atomic mass is 35.5. The highest BCUT2D eigenvalue weighted by Gasteiger charge is 2.32. The fourth-order valence-electron chi connectivity index (χ4n) is 2.53. The highest BCUT2D eigenvalue weighted by Crippen LogP contribution is 2.38. The standard InChI is InChI=1S/C11H15ClN4S.C8H10N2O3/c1-11(3-4-17-10(13)16-11)8-5-7(14-2)6-15-9(8)12;1-12-2-3-13-8-5-9-7(6-11)4-10-8/h5-6,14H,3-4H2,1-2H3,(H2,13,16);4-6H,2-3H2,1H3. The number of pyridine rings is 1. The van der Waals surface area contributed by atoms with Crippen molar-refractivity contribution >= 4 is 40.5 Å². The van der Waals surface area contributed by atoms with E-state index in [9.17, 15) is 4.79 Å². The molecule has 0 aliphatic carbocycles. The summed E-state index contributed by atoms with van der Waals surface area (Å²) in [5.41, 5.74) is 7.58. The maximum absolute atomic E-state index is 10.2. The highest BCUT2D eigenvalue weighted by molar-refractivity contribution is 8.13. The maximum atomic E-state index is 10.2. The van der Waals surface area contributed by atoms with E-state index >= 15 is 0 Å². The average molecular weight is 453 g/mol. The Balaban J connectivity index is 0.000000222. The van der Waals surface area contributed by atoms with Gasteiger partial charge >= 0.3 is 0 Å². The van der Waals surface area contributed by atoms with E-state index in [1.165, 1.54) is 12.4 Å². The first-order valence-electron chi connectivity index (χ1n) is 9.12. The van der Waals surface area contributed by atoms with Crippen molar-refractivity contribution in [2.75, 3.05) is 38.4 Å². The lowest BCUT2D eigenvalue weighted by molar-refractivity contribution is 0.111. The van der Waals surface area contributed by atoms with E-state index in [0.717, 1.165) is 23.4 Å². The zero-order valence-corrected chi connectivity index (χ0v) is 18.7. The van der Waals surface area contributed by atoms with Crippen molar-refractivity contribution in [3.63, 3.8) is 0 Å². The molecular weight excluding hydrogens is 428 g/mol. The Morgan fingerprint density at radius 2 is 2.10 bits per heavy atom. The molecule has 1 unspecified atom stereocenters. The Bertz CT molecular complexity index is 868. The van der Waals surface area contributed by atoms with Crippen molar-refractivity contribution in [2.45, 2.75) is 18.9 Å². The molecule has 9 nitrogen and oxygen atoms in total. The number of hydrogen-bond acceptors (Lipinski definition) is 10. The summed E-state index contributed by atoms with van der Waals surface area (Å²) in [6, 6.07) is 1.99. The van der Waals surface area contributed by atoms with Crippen molar-refractivity contribution < 1.29 is 14.3 Å². The molecule has 0 radical (unpaired) electrons. The van der Waals surface area contributed by atoms with Gasteiger partial charge in [-0.25, -0.2) is 15.0 Å². The van der Waals surface area contributed by atoms with Gasteiger partial charge in [-0.1, -0.05) is 23.4 Å². The van der Waals surface area contributed by atoms with Gasteiger partial charge < -0.3 is 20.5 Å². The number of nitrogens with one attached hydrogen (secondary N) is 1. The van der Waals surface area contributed by atoms with Gasteiger partial charge in [-0.15, -0.1) is 0 Å². The molecule has 0 saturated heterocycles. The van der Waals surface area contributed by atoms with Gasteiger partial charge in [0.2, 0.25) is 5.88 Å². The summed E-state index contributed by atoms with van der Waals surface area (Å²) in [6.45, 7) is 2.96. The fraction of sp³-hybridized carbons (Fsp3) is 0.421. The zero-order valence-electron chi connectivity index (χ0n) is 17.1. The van der Waals surface area contributed by atoms with Crippen molar-refractivity contribution in [3.05, 3.63) is 41.1 Å². The van der Waals surface area contributed by atoms with Crippen LogP contribution in [0.2, 0.25) is 5.15 Å². The predicted octanol–water partition coefficient (Wildman–Crippen LogP) is 2.76. The summed E-state index contributed by atoms with van der Waals surface area (Å²) < 4.78 is 9.91. The van der Waals surface area contributed by atoms with Gasteiger partial charge in [-0.05, 0) is 19.4 Å². The van der Waals surface area contributed by atoms with E-state index in [-0.39, 0.29) is 5.54 Å². The molecule has 3 heterocycles. The van der Waals surface area contributed by atoms with Crippen LogP contribution in [0.5, 0.6) is 5.88 Å². The number of methoxy groups -OCH3 is 1. The molecule has 1 aliphatic heterocycles. The Morgan fingerprint density at radius 3 is 2.70 bits per heavy atom. The number of ether oxygens (including phenoxy) is 2. The topological polar surface area (TPSA) is 125 Å². The van der Waals surface area contributed by atoms with Crippen LogP contribution in [0.1, 0.15) is 29.4 Å². The van der Waals surface area contributed by atoms with Crippen LogP contribution < -0.4 is 15.8 Å². The van der Waals surface area contributed by atoms with E-state index in [2.05, 4.69) is 25.3 Å². The molecule has 3 rings (SSSR count). The number of amidine groups is 1. The number of aldehydes is 1. The third-order valence-electron chi connectivity index (χ3n) is 4.21. The molecule has 0 spiro atoms. The number of hydrogen-bond donors (Lipinski definition) is 2. The number of aromatic nitrogens is 3. The summed E-state index contributed by atoms with van der Waals surface area (Å²) >= 11 is 7.75. The molecule has 0 aromatic carbocycles. The first-order chi connectivity index (χ1) is 14.4. The molecule has 30 heavy (non-hydrogen) atoms. The van der Waals surface area contributed by atoms with Gasteiger partial charge in [-0.2, -0.15) is 0 Å². The fourth-order valence-corrected chi connectivity index (χ4v) is 3.82. The number of thioether (sulfide) groups is 1. The van der Waals surface area contributed by atoms with Crippen LogP contribution in [0.15, 0.2) is 29.6 Å². The number of aliphatic imine (C=N–C) groups is 1. The minimum Gasteiger partial charge on any atom is -0.474 e. The quantitative estimate of drug-likeness (QED) is 0.370. The molecule has 0 bridgehead atoms. The second-order valence-electron chi connectivity index (χ2n) is 6.37. The number of anilines is 1. The van der Waals surface area contributed by atoms with Gasteiger partial charge in [-0.3, -0.25) is 9.79 Å². The smallest absolute Gasteiger partial charge is 0.232 e. The Labute approximate surface area is 184 Å². The molecule has 0 amide bonds. The van der Waals surface area contributed by atoms with E-state index in [1.54, 1.807) is 25.1 Å². The van der Waals surface area contributed by atoms with E-state index in [0.29, 0.717) is 41.4 Å². The molecule has 162 valence electrons. The molecule has 1 aliphatic rings. The summed E-state index contributed by atoms with van der Waals surface area (Å²) in [7, 11) is 3.44. The van der Waals surface area contributed by atoms with Crippen molar-refractivity contribution in [2.24, 2.45) is 10.7 Å². The van der Waals surface area contributed by atoms with Crippen molar-refractivity contribution in [1.29, 1.82) is 0 Å². The van der Waals surface area contributed by atoms with Gasteiger partial charge in [0.05, 0.1) is 36.4 Å². The second-order valence-corrected chi connectivity index (χ2v) is 7.85. The summed E-state index contributed by atoms with van der Waals surface area (Å²) in [6.07, 6.45) is 6.01. The van der Waals surface area contributed by atoms with Crippen molar-refractivity contribution in [3.8, 4) is 5.88 Å². The van der Waals surface area contributed by atoms with E-state index in [4.69, 9.17) is 26.8 Å².